The number of hydrogen-bond donors (Lipinski definition) is 3. The number of methoxy groups -OCH3 is 1. The zero-order valence-corrected chi connectivity index (χ0v) is 20.0. The fraction of sp³-hybridized carbons (Fsp3) is 0.400. The van der Waals surface area contributed by atoms with Gasteiger partial charge in [-0.05, 0) is 69.0 Å². The Morgan fingerprint density at radius 2 is 2.06 bits per heavy atom. The minimum Gasteiger partial charge on any atom is -0.497 e. The molecule has 1 unspecified atom stereocenters. The van der Waals surface area contributed by atoms with Crippen molar-refractivity contribution >= 4 is 33.3 Å². The fourth-order valence-electron chi connectivity index (χ4n) is 4.57. The maximum Gasteiger partial charge on any atom is 0.268 e. The number of aromatic amines is 1. The highest BCUT2D eigenvalue weighted by molar-refractivity contribution is 7.20. The van der Waals surface area contributed by atoms with Gasteiger partial charge in [-0.1, -0.05) is 18.2 Å². The van der Waals surface area contributed by atoms with E-state index in [4.69, 9.17) is 20.9 Å². The van der Waals surface area contributed by atoms with Crippen molar-refractivity contribution in [3.8, 4) is 5.75 Å². The maximum atomic E-state index is 12.5. The van der Waals surface area contributed by atoms with Gasteiger partial charge in [0.05, 0.1) is 18.7 Å². The molecule has 1 atom stereocenters. The molecule has 0 spiro atoms. The zero-order chi connectivity index (χ0) is 23.4. The standard InChI is InChI=1S/C17H20N4OS.C8H11NO/c1-2-11(9-18)14-8-12-15(23-14)17(22)20-16(19-12)13-7-10-3-5-21(13)6-4-10;1-10-8-4-2-7(6-9)3-5-8/h2,8-10,13,18H,3-7H2,1H3,(H,19,20,22);2-5H,6,9H2,1H3/b11-2-,18-9?;. The summed E-state index contributed by atoms with van der Waals surface area (Å²) in [7, 11) is 1.65. The molecule has 0 amide bonds. The van der Waals surface area contributed by atoms with E-state index < -0.39 is 0 Å². The van der Waals surface area contributed by atoms with Crippen LogP contribution in [0.25, 0.3) is 15.8 Å². The second-order valence-corrected chi connectivity index (χ2v) is 9.50. The molecular formula is C25H31N5O2S. The molecule has 4 N–H and O–H groups in total. The Morgan fingerprint density at radius 1 is 1.33 bits per heavy atom. The topological polar surface area (TPSA) is 108 Å². The Labute approximate surface area is 197 Å². The predicted octanol–water partition coefficient (Wildman–Crippen LogP) is 4.35. The van der Waals surface area contributed by atoms with Gasteiger partial charge < -0.3 is 20.9 Å². The number of nitrogens with two attached hydrogens (primary N) is 1. The van der Waals surface area contributed by atoms with Crippen LogP contribution >= 0.6 is 11.3 Å². The lowest BCUT2D eigenvalue weighted by Gasteiger charge is -2.44. The van der Waals surface area contributed by atoms with Gasteiger partial charge in [-0.3, -0.25) is 9.69 Å². The monoisotopic (exact) mass is 465 g/mol. The lowest BCUT2D eigenvalue weighted by atomic mass is 9.83. The largest absolute Gasteiger partial charge is 0.497 e. The van der Waals surface area contributed by atoms with E-state index in [-0.39, 0.29) is 11.6 Å². The van der Waals surface area contributed by atoms with Crippen molar-refractivity contribution in [1.82, 2.24) is 14.9 Å². The molecule has 8 heteroatoms. The molecule has 33 heavy (non-hydrogen) atoms. The predicted molar refractivity (Wildman–Crippen MR) is 135 cm³/mol. The molecule has 3 aliphatic heterocycles. The summed E-state index contributed by atoms with van der Waals surface area (Å²) in [6.45, 7) is 4.72. The maximum absolute atomic E-state index is 12.5. The molecule has 2 bridgehead atoms. The number of fused-ring (bicyclic) bond motifs is 4. The number of nitrogens with one attached hydrogen (secondary N) is 2. The quantitative estimate of drug-likeness (QED) is 0.486. The first-order valence-corrected chi connectivity index (χ1v) is 12.2. The first-order valence-electron chi connectivity index (χ1n) is 11.3. The van der Waals surface area contributed by atoms with Gasteiger partial charge in [0, 0.05) is 23.2 Å². The first-order chi connectivity index (χ1) is 16.1. The Hall–Kier alpha value is -2.81. The van der Waals surface area contributed by atoms with E-state index in [1.165, 1.54) is 30.4 Å². The zero-order valence-electron chi connectivity index (χ0n) is 19.1. The molecule has 0 aliphatic carbocycles. The lowest BCUT2D eigenvalue weighted by Crippen LogP contribution is -2.44. The highest BCUT2D eigenvalue weighted by Crippen LogP contribution is 2.39. The average molecular weight is 466 g/mol. The van der Waals surface area contributed by atoms with E-state index in [0.717, 1.165) is 58.5 Å². The lowest BCUT2D eigenvalue weighted by molar-refractivity contribution is 0.0445. The van der Waals surface area contributed by atoms with E-state index in [1.807, 2.05) is 43.3 Å². The number of allylic oxidation sites excluding steroid dienone is 2. The van der Waals surface area contributed by atoms with Crippen LogP contribution in [0.3, 0.4) is 0 Å². The van der Waals surface area contributed by atoms with Gasteiger partial charge in [0.25, 0.3) is 5.56 Å². The molecule has 1 aromatic carbocycles. The number of benzene rings is 1. The highest BCUT2D eigenvalue weighted by Gasteiger charge is 2.35. The third kappa shape index (κ3) is 5.08. The molecule has 3 fully saturated rings. The summed E-state index contributed by atoms with van der Waals surface area (Å²) in [6, 6.07) is 9.92. The number of H-pyrrole nitrogens is 1. The van der Waals surface area contributed by atoms with Gasteiger partial charge in [-0.2, -0.15) is 0 Å². The van der Waals surface area contributed by atoms with E-state index >= 15 is 0 Å². The van der Waals surface area contributed by atoms with Crippen molar-refractivity contribution in [2.24, 2.45) is 11.7 Å². The van der Waals surface area contributed by atoms with E-state index in [0.29, 0.717) is 11.2 Å². The number of piperidine rings is 3. The second kappa shape index (κ2) is 10.4. The van der Waals surface area contributed by atoms with E-state index in [9.17, 15) is 4.79 Å². The average Bonchev–Trinajstić information content (AvgIpc) is 3.30. The summed E-state index contributed by atoms with van der Waals surface area (Å²) in [4.78, 5) is 23.6. The van der Waals surface area contributed by atoms with Crippen LogP contribution in [0, 0.1) is 11.3 Å². The number of rotatable bonds is 5. The van der Waals surface area contributed by atoms with Crippen LogP contribution in [-0.4, -0.2) is 41.3 Å². The van der Waals surface area contributed by atoms with Crippen LogP contribution in [0.5, 0.6) is 5.75 Å². The molecule has 3 saturated heterocycles. The summed E-state index contributed by atoms with van der Waals surface area (Å²) in [5.41, 5.74) is 8.06. The number of thiophene rings is 1. The summed E-state index contributed by atoms with van der Waals surface area (Å²) in [5.74, 6) is 2.46. The summed E-state index contributed by atoms with van der Waals surface area (Å²) >= 11 is 1.41. The number of aromatic nitrogens is 2. The molecule has 3 aliphatic rings. The van der Waals surface area contributed by atoms with Gasteiger partial charge in [0.2, 0.25) is 0 Å². The van der Waals surface area contributed by atoms with Crippen molar-refractivity contribution in [2.75, 3.05) is 20.2 Å². The normalized spacial score (nSPS) is 22.0. The van der Waals surface area contributed by atoms with Crippen LogP contribution in [0.15, 0.2) is 41.2 Å². The smallest absolute Gasteiger partial charge is 0.268 e. The molecule has 7 nitrogen and oxygen atoms in total. The van der Waals surface area contributed by atoms with Crippen LogP contribution in [-0.2, 0) is 6.54 Å². The molecule has 5 heterocycles. The van der Waals surface area contributed by atoms with Crippen LogP contribution in [0.1, 0.15) is 48.5 Å². The molecule has 0 saturated carbocycles. The number of hydrogen-bond acceptors (Lipinski definition) is 7. The SMILES string of the molecule is C/C=C(/C=N)c1cc2nc(C3CC4CCN3CC4)[nH]c(=O)c2s1.COc1ccc(CN)cc1. The van der Waals surface area contributed by atoms with E-state index in [2.05, 4.69) is 9.88 Å². The first kappa shape index (κ1) is 23.4. The Morgan fingerprint density at radius 3 is 2.61 bits per heavy atom. The van der Waals surface area contributed by atoms with Gasteiger partial charge in [0.15, 0.2) is 0 Å². The Bertz CT molecular complexity index is 1170. The third-order valence-electron chi connectivity index (χ3n) is 6.51. The molecule has 2 aromatic heterocycles. The molecule has 6 rings (SSSR count). The summed E-state index contributed by atoms with van der Waals surface area (Å²) < 4.78 is 5.63. The van der Waals surface area contributed by atoms with Crippen molar-refractivity contribution < 1.29 is 4.74 Å². The summed E-state index contributed by atoms with van der Waals surface area (Å²) in [6.07, 6.45) is 6.86. The molecule has 3 aromatic rings. The van der Waals surface area contributed by atoms with Crippen LogP contribution in [0.2, 0.25) is 0 Å². The third-order valence-corrected chi connectivity index (χ3v) is 7.68. The van der Waals surface area contributed by atoms with Crippen molar-refractivity contribution in [1.29, 1.82) is 5.41 Å². The van der Waals surface area contributed by atoms with Gasteiger partial charge in [-0.25, -0.2) is 4.98 Å². The summed E-state index contributed by atoms with van der Waals surface area (Å²) in [5, 5.41) is 7.48. The number of ether oxygens (including phenoxy) is 1. The van der Waals surface area contributed by atoms with Crippen LogP contribution in [0.4, 0.5) is 0 Å². The minimum absolute atomic E-state index is 0.0515. The Kier molecular flexibility index (Phi) is 7.37. The minimum atomic E-state index is -0.0515. The number of nitrogens with zero attached hydrogens (tertiary/aromatic N) is 2. The van der Waals surface area contributed by atoms with E-state index in [1.54, 1.807) is 7.11 Å². The molecule has 174 valence electrons. The fourth-order valence-corrected chi connectivity index (χ4v) is 5.60. The van der Waals surface area contributed by atoms with Crippen molar-refractivity contribution in [3.63, 3.8) is 0 Å². The van der Waals surface area contributed by atoms with Crippen molar-refractivity contribution in [2.45, 2.75) is 38.8 Å². The highest BCUT2D eigenvalue weighted by atomic mass is 32.1. The van der Waals surface area contributed by atoms with Gasteiger partial charge in [0.1, 0.15) is 16.3 Å². The Balaban J connectivity index is 0.000000219. The second-order valence-electron chi connectivity index (χ2n) is 8.45. The van der Waals surface area contributed by atoms with Crippen LogP contribution < -0.4 is 16.0 Å². The molecular weight excluding hydrogens is 434 g/mol. The molecule has 0 radical (unpaired) electrons. The van der Waals surface area contributed by atoms with Gasteiger partial charge >= 0.3 is 0 Å². The van der Waals surface area contributed by atoms with Crippen molar-refractivity contribution in [3.05, 3.63) is 63.0 Å². The van der Waals surface area contributed by atoms with Gasteiger partial charge in [-0.15, -0.1) is 11.3 Å².